The van der Waals surface area contributed by atoms with Crippen LogP contribution >= 0.6 is 23.5 Å². The summed E-state index contributed by atoms with van der Waals surface area (Å²) in [7, 11) is 0. The van der Waals surface area contributed by atoms with Crippen molar-refractivity contribution in [3.63, 3.8) is 0 Å². The molecule has 0 aliphatic carbocycles. The van der Waals surface area contributed by atoms with Crippen molar-refractivity contribution in [2.45, 2.75) is 5.75 Å². The summed E-state index contributed by atoms with van der Waals surface area (Å²) < 4.78 is 0.935. The fraction of sp³-hybridized carbons (Fsp3) is 0.231. The van der Waals surface area contributed by atoms with Crippen molar-refractivity contribution in [2.75, 3.05) is 12.3 Å². The fourth-order valence-electron chi connectivity index (χ4n) is 1.41. The molecule has 18 heavy (non-hydrogen) atoms. The first kappa shape index (κ1) is 13.1. The predicted octanol–water partition coefficient (Wildman–Crippen LogP) is 2.40. The number of hydrogen-bond acceptors (Lipinski definition) is 4. The van der Waals surface area contributed by atoms with Gasteiger partial charge in [-0.05, 0) is 11.6 Å². The van der Waals surface area contributed by atoms with E-state index in [2.05, 4.69) is 22.3 Å². The topological polar surface area (TPSA) is 41.5 Å². The summed E-state index contributed by atoms with van der Waals surface area (Å²) in [5.41, 5.74) is 2.24. The Morgan fingerprint density at radius 1 is 1.56 bits per heavy atom. The second kappa shape index (κ2) is 6.53. The van der Waals surface area contributed by atoms with Crippen molar-refractivity contribution in [1.29, 1.82) is 0 Å². The van der Waals surface area contributed by atoms with Crippen molar-refractivity contribution >= 4 is 39.5 Å². The summed E-state index contributed by atoms with van der Waals surface area (Å²) in [5.74, 6) is 3.58. The summed E-state index contributed by atoms with van der Waals surface area (Å²) >= 11 is 3.12. The van der Waals surface area contributed by atoms with Gasteiger partial charge in [0.05, 0.1) is 18.0 Å². The van der Waals surface area contributed by atoms with E-state index in [1.54, 1.807) is 11.8 Å². The molecule has 1 aliphatic heterocycles. The van der Waals surface area contributed by atoms with Crippen LogP contribution in [0.3, 0.4) is 0 Å². The Labute approximate surface area is 115 Å². The van der Waals surface area contributed by atoms with Crippen LogP contribution in [-0.2, 0) is 10.5 Å². The molecule has 1 heterocycles. The minimum atomic E-state index is -0.0555. The lowest BCUT2D eigenvalue weighted by Crippen LogP contribution is -2.25. The molecule has 5 heteroatoms. The second-order valence-electron chi connectivity index (χ2n) is 3.56. The number of fused-ring (bicyclic) bond motifs is 1. The van der Waals surface area contributed by atoms with E-state index in [1.165, 1.54) is 17.3 Å². The lowest BCUT2D eigenvalue weighted by atomic mass is 10.2. The molecule has 0 atom stereocenters. The van der Waals surface area contributed by atoms with Crippen LogP contribution in [0.1, 0.15) is 5.56 Å². The van der Waals surface area contributed by atoms with Crippen LogP contribution < -0.4 is 5.32 Å². The molecule has 1 N–H and O–H groups in total. The van der Waals surface area contributed by atoms with E-state index < -0.39 is 0 Å². The molecule has 0 saturated heterocycles. The summed E-state index contributed by atoms with van der Waals surface area (Å²) in [5, 5.41) is 2.63. The number of carbonyl (C=O) groups excluding carboxylic acids is 1. The molecular weight excluding hydrogens is 264 g/mol. The molecule has 92 valence electrons. The number of amides is 1. The molecular formula is C13H12N2OS2. The molecule has 0 radical (unpaired) electrons. The minimum Gasteiger partial charge on any atom is -0.344 e. The highest BCUT2D eigenvalue weighted by Crippen LogP contribution is 2.34. The van der Waals surface area contributed by atoms with Gasteiger partial charge in [-0.25, -0.2) is 4.99 Å². The molecule has 3 nitrogen and oxygen atoms in total. The van der Waals surface area contributed by atoms with Gasteiger partial charge in [0.1, 0.15) is 4.38 Å². The molecule has 1 aliphatic rings. The van der Waals surface area contributed by atoms with Gasteiger partial charge in [-0.1, -0.05) is 47.6 Å². The molecule has 0 unspecified atom stereocenters. The van der Waals surface area contributed by atoms with E-state index in [4.69, 9.17) is 6.42 Å². The zero-order chi connectivity index (χ0) is 12.8. The molecule has 1 amide bonds. The highest BCUT2D eigenvalue weighted by molar-refractivity contribution is 8.38. The predicted molar refractivity (Wildman–Crippen MR) is 79.1 cm³/mol. The van der Waals surface area contributed by atoms with Crippen LogP contribution in [0.2, 0.25) is 0 Å². The van der Waals surface area contributed by atoms with Gasteiger partial charge in [0.2, 0.25) is 5.91 Å². The van der Waals surface area contributed by atoms with E-state index in [9.17, 15) is 4.79 Å². The van der Waals surface area contributed by atoms with Crippen LogP contribution in [-0.4, -0.2) is 22.6 Å². The number of terminal acetylenes is 1. The van der Waals surface area contributed by atoms with Crippen LogP contribution in [0.15, 0.2) is 29.3 Å². The van der Waals surface area contributed by atoms with Gasteiger partial charge in [0.15, 0.2) is 0 Å². The first-order valence-electron chi connectivity index (χ1n) is 5.42. The normalized spacial score (nSPS) is 13.2. The SMILES string of the molecule is C#CCNC(=O)CSC1=Nc2ccccc2CS1. The van der Waals surface area contributed by atoms with Crippen molar-refractivity contribution in [3.8, 4) is 12.3 Å². The molecule has 0 bridgehead atoms. The maximum absolute atomic E-state index is 11.4. The zero-order valence-corrected chi connectivity index (χ0v) is 11.3. The monoisotopic (exact) mass is 276 g/mol. The second-order valence-corrected chi connectivity index (χ2v) is 5.75. The Balaban J connectivity index is 1.91. The maximum atomic E-state index is 11.4. The number of thioether (sulfide) groups is 2. The van der Waals surface area contributed by atoms with Crippen molar-refractivity contribution < 1.29 is 4.79 Å². The number of para-hydroxylation sites is 1. The number of benzene rings is 1. The summed E-state index contributed by atoms with van der Waals surface area (Å²) in [6.07, 6.45) is 5.07. The van der Waals surface area contributed by atoms with Crippen molar-refractivity contribution in [3.05, 3.63) is 29.8 Å². The van der Waals surface area contributed by atoms with E-state index in [-0.39, 0.29) is 12.5 Å². The third-order valence-corrected chi connectivity index (χ3v) is 4.51. The van der Waals surface area contributed by atoms with E-state index in [0.29, 0.717) is 5.75 Å². The van der Waals surface area contributed by atoms with E-state index >= 15 is 0 Å². The third kappa shape index (κ3) is 3.56. The maximum Gasteiger partial charge on any atom is 0.231 e. The van der Waals surface area contributed by atoms with Gasteiger partial charge in [0, 0.05) is 5.75 Å². The average Bonchev–Trinajstić information content (AvgIpc) is 2.42. The Bertz CT molecular complexity index is 520. The molecule has 2 rings (SSSR count). The Morgan fingerprint density at radius 2 is 2.39 bits per heavy atom. The van der Waals surface area contributed by atoms with Crippen molar-refractivity contribution in [2.24, 2.45) is 4.99 Å². The molecule has 0 spiro atoms. The van der Waals surface area contributed by atoms with Gasteiger partial charge in [-0.15, -0.1) is 6.42 Å². The molecule has 1 aromatic carbocycles. The quantitative estimate of drug-likeness (QED) is 0.862. The lowest BCUT2D eigenvalue weighted by molar-refractivity contribution is -0.118. The number of hydrogen-bond donors (Lipinski definition) is 1. The van der Waals surface area contributed by atoms with Gasteiger partial charge < -0.3 is 5.32 Å². The Hall–Kier alpha value is -1.38. The first-order valence-corrected chi connectivity index (χ1v) is 7.39. The molecule has 0 fully saturated rings. The highest BCUT2D eigenvalue weighted by Gasteiger charge is 2.13. The third-order valence-electron chi connectivity index (χ3n) is 2.27. The van der Waals surface area contributed by atoms with Crippen LogP contribution in [0.4, 0.5) is 5.69 Å². The minimum absolute atomic E-state index is 0.0555. The van der Waals surface area contributed by atoms with E-state index in [0.717, 1.165) is 15.8 Å². The largest absolute Gasteiger partial charge is 0.344 e. The summed E-state index contributed by atoms with van der Waals surface area (Å²) in [4.78, 5) is 15.9. The average molecular weight is 276 g/mol. The Morgan fingerprint density at radius 3 is 3.22 bits per heavy atom. The smallest absolute Gasteiger partial charge is 0.231 e. The summed E-state index contributed by atoms with van der Waals surface area (Å²) in [6, 6.07) is 8.06. The number of nitrogens with zero attached hydrogens (tertiary/aromatic N) is 1. The zero-order valence-electron chi connectivity index (χ0n) is 9.68. The fourth-order valence-corrected chi connectivity index (χ4v) is 3.31. The van der Waals surface area contributed by atoms with Crippen molar-refractivity contribution in [1.82, 2.24) is 5.32 Å². The van der Waals surface area contributed by atoms with Crippen LogP contribution in [0, 0.1) is 12.3 Å². The molecule has 1 aromatic rings. The van der Waals surface area contributed by atoms with Crippen LogP contribution in [0.5, 0.6) is 0 Å². The highest BCUT2D eigenvalue weighted by atomic mass is 32.2. The van der Waals surface area contributed by atoms with Crippen LogP contribution in [0.25, 0.3) is 0 Å². The van der Waals surface area contributed by atoms with E-state index in [1.807, 2.05) is 18.2 Å². The molecule has 0 aromatic heterocycles. The molecule has 0 saturated carbocycles. The number of rotatable bonds is 3. The van der Waals surface area contributed by atoms with Gasteiger partial charge in [0.25, 0.3) is 0 Å². The standard InChI is InChI=1S/C13H12N2OS2/c1-2-7-14-12(16)9-18-13-15-11-6-4-3-5-10(11)8-17-13/h1,3-6H,7-9H2,(H,14,16). The van der Waals surface area contributed by atoms with Gasteiger partial charge in [-0.3, -0.25) is 4.79 Å². The Kier molecular flexibility index (Phi) is 4.73. The van der Waals surface area contributed by atoms with Gasteiger partial charge in [-0.2, -0.15) is 0 Å². The number of carbonyl (C=O) groups is 1. The number of aliphatic imine (C=N–C) groups is 1. The first-order chi connectivity index (χ1) is 8.79. The summed E-state index contributed by atoms with van der Waals surface area (Å²) in [6.45, 7) is 0.280. The lowest BCUT2D eigenvalue weighted by Gasteiger charge is -2.13. The van der Waals surface area contributed by atoms with Gasteiger partial charge >= 0.3 is 0 Å². The number of nitrogens with one attached hydrogen (secondary N) is 1.